The maximum Gasteiger partial charge on any atom is 0.412 e. The third-order valence-corrected chi connectivity index (χ3v) is 6.37. The van der Waals surface area contributed by atoms with E-state index in [2.05, 4.69) is 4.74 Å². The molecule has 2 aliphatic carbocycles. The molecule has 0 amide bonds. The van der Waals surface area contributed by atoms with Crippen LogP contribution in [0.25, 0.3) is 0 Å². The molecule has 0 aliphatic heterocycles. The fourth-order valence-electron chi connectivity index (χ4n) is 4.53. The van der Waals surface area contributed by atoms with Crippen LogP contribution >= 0.6 is 0 Å². The van der Waals surface area contributed by atoms with Gasteiger partial charge in [-0.25, -0.2) is 0 Å². The Labute approximate surface area is 149 Å². The van der Waals surface area contributed by atoms with Gasteiger partial charge in [0.15, 0.2) is 0 Å². The Morgan fingerprint density at radius 2 is 1.33 bits per heavy atom. The molecular formula is C16H19F9O2. The van der Waals surface area contributed by atoms with Crippen LogP contribution in [0.2, 0.25) is 0 Å². The molecule has 2 aliphatic rings. The Kier molecular flexibility index (Phi) is 5.51. The van der Waals surface area contributed by atoms with Crippen molar-refractivity contribution >= 4 is 5.97 Å². The van der Waals surface area contributed by atoms with Crippen LogP contribution in [0.4, 0.5) is 39.5 Å². The normalized spacial score (nSPS) is 32.0. The number of rotatable bonds is 4. The molecule has 0 N–H and O–H groups in total. The summed E-state index contributed by atoms with van der Waals surface area (Å²) in [5, 5.41) is 0. The average molecular weight is 414 g/mol. The van der Waals surface area contributed by atoms with E-state index in [1.165, 1.54) is 0 Å². The lowest BCUT2D eigenvalue weighted by molar-refractivity contribution is -0.429. The number of alkyl halides is 9. The lowest BCUT2D eigenvalue weighted by Crippen LogP contribution is -2.60. The predicted octanol–water partition coefficient (Wildman–Crippen LogP) is 5.52. The lowest BCUT2D eigenvalue weighted by atomic mass is 9.76. The summed E-state index contributed by atoms with van der Waals surface area (Å²) in [6.45, 7) is 2.26. The third kappa shape index (κ3) is 3.50. The molecule has 2 bridgehead atoms. The molecule has 11 heteroatoms. The number of esters is 1. The van der Waals surface area contributed by atoms with E-state index < -0.39 is 48.9 Å². The second-order valence-corrected chi connectivity index (χ2v) is 7.54. The van der Waals surface area contributed by atoms with Crippen molar-refractivity contribution in [2.24, 2.45) is 35.0 Å². The van der Waals surface area contributed by atoms with Gasteiger partial charge in [-0.2, -0.15) is 39.5 Å². The number of fused-ring (bicyclic) bond motifs is 2. The van der Waals surface area contributed by atoms with Crippen LogP contribution in [0.1, 0.15) is 33.1 Å². The Bertz CT molecular complexity index is 526. The van der Waals surface area contributed by atoms with Crippen molar-refractivity contribution in [2.45, 2.75) is 51.6 Å². The molecule has 0 radical (unpaired) electrons. The zero-order valence-corrected chi connectivity index (χ0v) is 14.4. The van der Waals surface area contributed by atoms with Crippen LogP contribution in [0.5, 0.6) is 0 Å². The van der Waals surface area contributed by atoms with Gasteiger partial charge in [-0.1, -0.05) is 13.8 Å². The second-order valence-electron chi connectivity index (χ2n) is 7.54. The Morgan fingerprint density at radius 3 is 1.70 bits per heavy atom. The van der Waals surface area contributed by atoms with Crippen molar-refractivity contribution in [2.75, 3.05) is 6.61 Å². The highest BCUT2D eigenvalue weighted by molar-refractivity contribution is 5.73. The largest absolute Gasteiger partial charge is 0.465 e. The predicted molar refractivity (Wildman–Crippen MR) is 74.2 cm³/mol. The van der Waals surface area contributed by atoms with Gasteiger partial charge in [0.1, 0.15) is 0 Å². The SMILES string of the molecule is CC1C2CC(C(=O)OCCC(C(F)(F)F)(C(F)(F)F)C(F)(F)F)C(C2)C1C. The average Bonchev–Trinajstić information content (AvgIpc) is 3.00. The van der Waals surface area contributed by atoms with Crippen LogP contribution in [-0.4, -0.2) is 31.1 Å². The molecular weight excluding hydrogens is 395 g/mol. The van der Waals surface area contributed by atoms with E-state index in [0.717, 1.165) is 0 Å². The van der Waals surface area contributed by atoms with Gasteiger partial charge in [-0.3, -0.25) is 4.79 Å². The van der Waals surface area contributed by atoms with E-state index >= 15 is 0 Å². The van der Waals surface area contributed by atoms with Crippen LogP contribution in [0.15, 0.2) is 0 Å². The van der Waals surface area contributed by atoms with Gasteiger partial charge < -0.3 is 4.74 Å². The van der Waals surface area contributed by atoms with Crippen molar-refractivity contribution in [1.82, 2.24) is 0 Å². The van der Waals surface area contributed by atoms with Gasteiger partial charge in [0.25, 0.3) is 5.41 Å². The topological polar surface area (TPSA) is 26.3 Å². The van der Waals surface area contributed by atoms with E-state index in [1.807, 2.05) is 13.8 Å². The minimum Gasteiger partial charge on any atom is -0.465 e. The molecule has 5 unspecified atom stereocenters. The summed E-state index contributed by atoms with van der Waals surface area (Å²) in [7, 11) is 0. The molecule has 27 heavy (non-hydrogen) atoms. The van der Waals surface area contributed by atoms with Crippen molar-refractivity contribution in [1.29, 1.82) is 0 Å². The number of carbonyl (C=O) groups is 1. The minimum absolute atomic E-state index is 0.116. The molecule has 158 valence electrons. The molecule has 0 aromatic heterocycles. The molecule has 5 atom stereocenters. The molecule has 0 saturated heterocycles. The molecule has 0 heterocycles. The molecule has 2 rings (SSSR count). The summed E-state index contributed by atoms with van der Waals surface area (Å²) in [4.78, 5) is 12.1. The summed E-state index contributed by atoms with van der Waals surface area (Å²) < 4.78 is 120. The van der Waals surface area contributed by atoms with Crippen LogP contribution in [0.3, 0.4) is 0 Å². The van der Waals surface area contributed by atoms with Gasteiger partial charge in [-0.15, -0.1) is 0 Å². The zero-order chi connectivity index (χ0) is 21.0. The summed E-state index contributed by atoms with van der Waals surface area (Å²) in [6, 6.07) is 0. The van der Waals surface area contributed by atoms with Crippen LogP contribution in [-0.2, 0) is 9.53 Å². The quantitative estimate of drug-likeness (QED) is 0.447. The Balaban J connectivity index is 2.10. The highest BCUT2D eigenvalue weighted by Crippen LogP contribution is 2.61. The fourth-order valence-corrected chi connectivity index (χ4v) is 4.53. The first kappa shape index (κ1) is 22.1. The number of carbonyl (C=O) groups excluding carboxylic acids is 1. The molecule has 2 nitrogen and oxygen atoms in total. The number of hydrogen-bond acceptors (Lipinski definition) is 2. The van der Waals surface area contributed by atoms with E-state index in [-0.39, 0.29) is 17.8 Å². The van der Waals surface area contributed by atoms with E-state index in [0.29, 0.717) is 18.8 Å². The first-order chi connectivity index (χ1) is 12.0. The van der Waals surface area contributed by atoms with Gasteiger partial charge in [0, 0.05) is 6.42 Å². The first-order valence-corrected chi connectivity index (χ1v) is 8.41. The minimum atomic E-state index is -6.63. The molecule has 0 aromatic carbocycles. The van der Waals surface area contributed by atoms with Gasteiger partial charge in [-0.05, 0) is 36.5 Å². The number of hydrogen-bond donors (Lipinski definition) is 0. The highest BCUT2D eigenvalue weighted by Gasteiger charge is 2.83. The number of halogens is 9. The first-order valence-electron chi connectivity index (χ1n) is 8.41. The van der Waals surface area contributed by atoms with Crippen LogP contribution in [0, 0.1) is 35.0 Å². The second kappa shape index (κ2) is 6.72. The van der Waals surface area contributed by atoms with Crippen molar-refractivity contribution in [3.8, 4) is 0 Å². The van der Waals surface area contributed by atoms with Gasteiger partial charge in [0.2, 0.25) is 0 Å². The number of ether oxygens (including phenoxy) is 1. The molecule has 2 fully saturated rings. The Morgan fingerprint density at radius 1 is 0.852 bits per heavy atom. The Hall–Kier alpha value is -1.16. The standard InChI is InChI=1S/C16H19F9O2/c1-7-8(2)10-5-9(7)6-11(10)12(26)27-4-3-13(14(17,18)19,15(20,21)22)16(23,24)25/h7-11H,3-6H2,1-2H3. The monoisotopic (exact) mass is 414 g/mol. The summed E-state index contributed by atoms with van der Waals surface area (Å²) >= 11 is 0. The summed E-state index contributed by atoms with van der Waals surface area (Å²) in [6.07, 6.45) is -21.3. The van der Waals surface area contributed by atoms with Gasteiger partial charge in [0.05, 0.1) is 12.5 Å². The highest BCUT2D eigenvalue weighted by atomic mass is 19.4. The van der Waals surface area contributed by atoms with Crippen LogP contribution < -0.4 is 0 Å². The van der Waals surface area contributed by atoms with E-state index in [4.69, 9.17) is 0 Å². The molecule has 0 spiro atoms. The van der Waals surface area contributed by atoms with E-state index in [9.17, 15) is 44.3 Å². The molecule has 0 aromatic rings. The van der Waals surface area contributed by atoms with Crippen molar-refractivity contribution < 1.29 is 49.0 Å². The fraction of sp³-hybridized carbons (Fsp3) is 0.938. The summed E-state index contributed by atoms with van der Waals surface area (Å²) in [5.74, 6) is -1.19. The molecule has 2 saturated carbocycles. The van der Waals surface area contributed by atoms with Gasteiger partial charge >= 0.3 is 24.5 Å². The maximum absolute atomic E-state index is 12.8. The smallest absolute Gasteiger partial charge is 0.412 e. The zero-order valence-electron chi connectivity index (χ0n) is 14.4. The van der Waals surface area contributed by atoms with Crippen molar-refractivity contribution in [3.63, 3.8) is 0 Å². The maximum atomic E-state index is 12.8. The van der Waals surface area contributed by atoms with E-state index in [1.54, 1.807) is 0 Å². The van der Waals surface area contributed by atoms with Crippen molar-refractivity contribution in [3.05, 3.63) is 0 Å². The third-order valence-electron chi connectivity index (χ3n) is 6.37. The summed E-state index contributed by atoms with van der Waals surface area (Å²) in [5.41, 5.74) is -5.94. The lowest BCUT2D eigenvalue weighted by Gasteiger charge is -2.38.